The van der Waals surface area contributed by atoms with Crippen molar-refractivity contribution in [1.29, 1.82) is 0 Å². The Morgan fingerprint density at radius 3 is 1.53 bits per heavy atom. The van der Waals surface area contributed by atoms with Gasteiger partial charge in [-0.15, -0.1) is 0 Å². The third-order valence-electron chi connectivity index (χ3n) is 14.8. The molecule has 2 bridgehead atoms. The molecule has 0 aromatic heterocycles. The Hall–Kier alpha value is -3.07. The van der Waals surface area contributed by atoms with Gasteiger partial charge in [-0.05, 0) is 57.1 Å². The van der Waals surface area contributed by atoms with E-state index < -0.39 is 62.2 Å². The normalized spacial score (nSPS) is 33.2. The largest absolute Gasteiger partial charge is 0.762 e. The number of aliphatic hydroxyl groups excluding tert-OH is 3. The van der Waals surface area contributed by atoms with Crippen LogP contribution in [0, 0.1) is 0 Å². The fraction of sp³-hybridized carbons (Fsp3) is 0.741. The zero-order valence-electron chi connectivity index (χ0n) is 45.3. The summed E-state index contributed by atoms with van der Waals surface area (Å²) in [6.45, 7) is 14.4. The zero-order chi connectivity index (χ0) is 55.2. The molecule has 430 valence electrons. The Bertz CT molecular complexity index is 1920. The summed E-state index contributed by atoms with van der Waals surface area (Å²) in [7, 11) is -1.12. The molecule has 0 spiro atoms. The van der Waals surface area contributed by atoms with Crippen molar-refractivity contribution >= 4 is 28.3 Å². The molecule has 1 unspecified atom stereocenters. The van der Waals surface area contributed by atoms with Crippen molar-refractivity contribution in [1.82, 2.24) is 0 Å². The van der Waals surface area contributed by atoms with Gasteiger partial charge < -0.3 is 72.2 Å². The number of rotatable bonds is 19. The molecule has 22 heteroatoms. The molecule has 7 aliphatic rings. The van der Waals surface area contributed by atoms with Gasteiger partial charge in [-0.1, -0.05) is 99.6 Å². The first-order valence-electron chi connectivity index (χ1n) is 27.2. The maximum Gasteiger partial charge on any atom is 0.762 e. The highest BCUT2D eigenvalue weighted by atomic mass is 28.3. The molecular weight excluding hydrogens is 1020 g/mol. The van der Waals surface area contributed by atoms with Crippen LogP contribution in [0.4, 0.5) is 12.9 Å². The lowest BCUT2D eigenvalue weighted by molar-refractivity contribution is -0.301. The Kier molecular flexibility index (Phi) is 27.6. The average molecular weight is 1100 g/mol. The summed E-state index contributed by atoms with van der Waals surface area (Å²) in [5, 5.41) is 32.4. The number of aliphatic hydroxyl groups is 3. The molecule has 16 atom stereocenters. The van der Waals surface area contributed by atoms with Crippen molar-refractivity contribution in [3.8, 4) is 0 Å². The lowest BCUT2D eigenvalue weighted by Gasteiger charge is -2.49. The van der Waals surface area contributed by atoms with Gasteiger partial charge in [0, 0.05) is 35.0 Å². The molecule has 7 fully saturated rings. The van der Waals surface area contributed by atoms with E-state index in [2.05, 4.69) is 20.8 Å². The third-order valence-corrected chi connectivity index (χ3v) is 18.3. The highest BCUT2D eigenvalue weighted by Crippen LogP contribution is 2.52. The topological polar surface area (TPSA) is 206 Å². The number of esters is 2. The van der Waals surface area contributed by atoms with E-state index in [0.717, 1.165) is 30.8 Å². The number of benzene rings is 2. The maximum absolute atomic E-state index is 11.6. The number of ether oxygens (including phenoxy) is 12. The summed E-state index contributed by atoms with van der Waals surface area (Å²) in [5.41, 5.74) is 2.17. The molecular formula is C54H84BF3O17Si. The summed E-state index contributed by atoms with van der Waals surface area (Å²) >= 11 is 0. The molecule has 0 aliphatic carbocycles. The molecule has 2 aromatic carbocycles. The minimum atomic E-state index is -3.67. The highest BCUT2D eigenvalue weighted by molar-refractivity contribution is 6.58. The minimum absolute atomic E-state index is 0.144. The number of hydrogen-bond donors (Lipinski definition) is 3. The molecule has 3 N–H and O–H groups in total. The lowest BCUT2D eigenvalue weighted by atomic mass is 9.85. The maximum atomic E-state index is 11.6. The van der Waals surface area contributed by atoms with Crippen LogP contribution >= 0.6 is 0 Å². The first kappa shape index (κ1) is 63.8. The Morgan fingerprint density at radius 2 is 1.05 bits per heavy atom. The van der Waals surface area contributed by atoms with Crippen LogP contribution in [0.3, 0.4) is 0 Å². The Morgan fingerprint density at radius 1 is 0.592 bits per heavy atom. The number of hydrogen-bond acceptors (Lipinski definition) is 17. The standard InChI is InChI=1S/C22H28O8.C22H30O8.C6H16Si.C4H10O.BF3/c1-25-16(23)11-14-7-8-15-17(27-14)18-19-20(28-15)21(24)22(29-18,30-19)9-10-26-12-13-5-3-2-4-6-13;1-26-17(23)11-14-7-8-16-20(28-14)19(25)22-21(30-16)18(24)15(29-22)9-10-27-12-13-5-3-2-4-6-13;1-4-7(5-2)6-3;1-3-5-4-2;2-1(3)4/h2-6,14-15,17-21,24H,7-12H2,1H3;2-6,14-16,18-22,24-25H,7-12H2,1H3;7H,4-6H2,1-3H3;3-4H2,1-2H3;/t14-,15+,17+,18?,19+,20-,21+,22+;14-,15-,16+,18-,19+,20+,21+,22+;;;/m11.../s1. The van der Waals surface area contributed by atoms with Gasteiger partial charge >= 0.3 is 19.5 Å². The summed E-state index contributed by atoms with van der Waals surface area (Å²) in [5.74, 6) is -1.77. The van der Waals surface area contributed by atoms with E-state index in [4.69, 9.17) is 56.8 Å². The van der Waals surface area contributed by atoms with Crippen molar-refractivity contribution in [2.75, 3.05) is 40.6 Å². The Labute approximate surface area is 448 Å². The number of halogens is 3. The predicted molar refractivity (Wildman–Crippen MR) is 277 cm³/mol. The number of fused-ring (bicyclic) bond motifs is 5. The molecule has 17 nitrogen and oxygen atoms in total. The molecule has 0 amide bonds. The number of methoxy groups -OCH3 is 2. The van der Waals surface area contributed by atoms with Gasteiger partial charge in [-0.2, -0.15) is 0 Å². The van der Waals surface area contributed by atoms with Crippen molar-refractivity contribution in [3.63, 3.8) is 0 Å². The second kappa shape index (κ2) is 32.9. The van der Waals surface area contributed by atoms with E-state index in [1.165, 1.54) is 32.4 Å². The van der Waals surface area contributed by atoms with E-state index >= 15 is 0 Å². The van der Waals surface area contributed by atoms with E-state index in [0.29, 0.717) is 58.5 Å². The smallest absolute Gasteiger partial charge is 0.469 e. The van der Waals surface area contributed by atoms with Crippen LogP contribution in [-0.2, 0) is 79.6 Å². The van der Waals surface area contributed by atoms with Gasteiger partial charge in [-0.3, -0.25) is 22.5 Å². The van der Waals surface area contributed by atoms with Crippen LogP contribution in [0.5, 0.6) is 0 Å². The van der Waals surface area contributed by atoms with Gasteiger partial charge in [0.1, 0.15) is 61.0 Å². The molecule has 9 rings (SSSR count). The van der Waals surface area contributed by atoms with Crippen molar-refractivity contribution < 1.29 is 94.7 Å². The average Bonchev–Trinajstić information content (AvgIpc) is 4.07. The quantitative estimate of drug-likeness (QED) is 0.0782. The molecule has 7 heterocycles. The van der Waals surface area contributed by atoms with Gasteiger partial charge in [-0.25, -0.2) is 0 Å². The summed E-state index contributed by atoms with van der Waals surface area (Å²) in [6, 6.07) is 24.3. The first-order valence-corrected chi connectivity index (χ1v) is 29.6. The van der Waals surface area contributed by atoms with Gasteiger partial charge in [0.15, 0.2) is 5.79 Å². The summed E-state index contributed by atoms with van der Waals surface area (Å²) in [4.78, 5) is 23.2. The number of carbonyl (C=O) groups is 2. The van der Waals surface area contributed by atoms with E-state index in [-0.39, 0.29) is 76.3 Å². The van der Waals surface area contributed by atoms with Crippen molar-refractivity contribution in [2.24, 2.45) is 0 Å². The van der Waals surface area contributed by atoms with Crippen LogP contribution in [0.25, 0.3) is 0 Å². The molecule has 76 heavy (non-hydrogen) atoms. The second-order valence-electron chi connectivity index (χ2n) is 19.7. The van der Waals surface area contributed by atoms with E-state index in [9.17, 15) is 37.9 Å². The van der Waals surface area contributed by atoms with Crippen LogP contribution in [0.15, 0.2) is 60.7 Å². The zero-order valence-corrected chi connectivity index (χ0v) is 46.5. The SMILES string of the molecule is CCOCC.CC[SiH](CC)CC.COC(=O)C[C@H]1CC[C@@H]2O[C@@H]3[C@H]4O[C@](CCOCc5ccccc5)(OC4[C@H]2O1)[C@H]3O.COC(=O)C[C@H]1CC[C@@H]2O[C@H]3[C@H](O)[C@@H](CCOCc4ccccc4)O[C@H]3[C@@H](O)[C@H]2O1.FB(F)F. The van der Waals surface area contributed by atoms with Crippen molar-refractivity contribution in [2.45, 2.75) is 215 Å². The van der Waals surface area contributed by atoms with Crippen molar-refractivity contribution in [3.05, 3.63) is 71.8 Å². The van der Waals surface area contributed by atoms with Gasteiger partial charge in [0.25, 0.3) is 0 Å². The molecule has 2 aromatic rings. The monoisotopic (exact) mass is 1100 g/mol. The summed E-state index contributed by atoms with van der Waals surface area (Å²) < 4.78 is 97.5. The van der Waals surface area contributed by atoms with Crippen LogP contribution in [0.1, 0.15) is 97.1 Å². The fourth-order valence-electron chi connectivity index (χ4n) is 10.7. The van der Waals surface area contributed by atoms with E-state index in [1.54, 1.807) is 0 Å². The molecule has 7 saturated heterocycles. The van der Waals surface area contributed by atoms with E-state index in [1.807, 2.05) is 74.5 Å². The van der Waals surface area contributed by atoms with Crippen LogP contribution in [-0.4, -0.2) is 182 Å². The Balaban J connectivity index is 0.000000219. The van der Waals surface area contributed by atoms with Gasteiger partial charge in [0.05, 0.1) is 77.4 Å². The molecule has 0 radical (unpaired) electrons. The van der Waals surface area contributed by atoms with Crippen LogP contribution < -0.4 is 0 Å². The molecule has 0 saturated carbocycles. The predicted octanol–water partition coefficient (Wildman–Crippen LogP) is 6.48. The minimum Gasteiger partial charge on any atom is -0.469 e. The summed E-state index contributed by atoms with van der Waals surface area (Å²) in [6.07, 6.45) is -3.50. The highest BCUT2D eigenvalue weighted by Gasteiger charge is 2.70. The molecule has 7 aliphatic heterocycles. The first-order chi connectivity index (χ1) is 36.6. The van der Waals surface area contributed by atoms with Gasteiger partial charge in [0.2, 0.25) is 0 Å². The van der Waals surface area contributed by atoms with Crippen LogP contribution in [0.2, 0.25) is 18.1 Å². The lowest BCUT2D eigenvalue weighted by Crippen LogP contribution is -2.65. The number of carbonyl (C=O) groups excluding carboxylic acids is 2. The fourth-order valence-corrected chi connectivity index (χ4v) is 12.4. The second-order valence-corrected chi connectivity index (χ2v) is 23.9. The third kappa shape index (κ3) is 18.2.